The molecule has 4 aromatic rings. The van der Waals surface area contributed by atoms with E-state index in [2.05, 4.69) is 60.7 Å². The fraction of sp³-hybridized carbons (Fsp3) is 0.167. The van der Waals surface area contributed by atoms with Gasteiger partial charge in [0.25, 0.3) is 0 Å². The van der Waals surface area contributed by atoms with Crippen molar-refractivity contribution in [1.29, 1.82) is 0 Å². The number of hydrogen-bond acceptors (Lipinski definition) is 1. The molecule has 0 radical (unpaired) electrons. The molecule has 0 amide bonds. The second-order valence-corrected chi connectivity index (χ2v) is 8.90. The standard InChI is InChI=1S/C30H24O2/c1-2-30(29(31)32,27-15-7-13-23-21-11-5-3-9-19(21)17-25(23)27)28-16-8-14-24-22-12-6-4-10-20(22)18-26(24)28/h3-16H,2,17-18H2,1H3,(H,31,32). The van der Waals surface area contributed by atoms with Crippen LogP contribution in [0.3, 0.4) is 0 Å². The van der Waals surface area contributed by atoms with Gasteiger partial charge in [0.15, 0.2) is 0 Å². The van der Waals surface area contributed by atoms with Gasteiger partial charge in [0.05, 0.1) is 0 Å². The highest BCUT2D eigenvalue weighted by Crippen LogP contribution is 2.49. The quantitative estimate of drug-likeness (QED) is 0.351. The third-order valence-corrected chi connectivity index (χ3v) is 7.52. The predicted octanol–water partition coefficient (Wildman–Crippen LogP) is 6.61. The van der Waals surface area contributed by atoms with E-state index >= 15 is 0 Å². The number of carboxylic acid groups (broad SMARTS) is 1. The van der Waals surface area contributed by atoms with Crippen molar-refractivity contribution in [1.82, 2.24) is 0 Å². The molecule has 0 fully saturated rings. The topological polar surface area (TPSA) is 37.3 Å². The molecule has 0 unspecified atom stereocenters. The highest BCUT2D eigenvalue weighted by Gasteiger charge is 2.45. The molecule has 0 aliphatic heterocycles. The largest absolute Gasteiger partial charge is 0.480 e. The second kappa shape index (κ2) is 6.93. The lowest BCUT2D eigenvalue weighted by Crippen LogP contribution is -2.38. The van der Waals surface area contributed by atoms with Crippen LogP contribution >= 0.6 is 0 Å². The molecule has 0 aromatic heterocycles. The zero-order valence-electron chi connectivity index (χ0n) is 18.1. The molecule has 0 heterocycles. The van der Waals surface area contributed by atoms with Crippen molar-refractivity contribution in [3.8, 4) is 22.3 Å². The Hall–Kier alpha value is -3.65. The van der Waals surface area contributed by atoms with Crippen LogP contribution in [0.2, 0.25) is 0 Å². The van der Waals surface area contributed by atoms with Crippen molar-refractivity contribution in [2.24, 2.45) is 0 Å². The van der Waals surface area contributed by atoms with E-state index in [9.17, 15) is 9.90 Å². The Balaban J connectivity index is 1.62. The molecule has 2 aliphatic rings. The van der Waals surface area contributed by atoms with E-state index in [1.807, 2.05) is 31.2 Å². The molecule has 6 rings (SSSR count). The van der Waals surface area contributed by atoms with Crippen molar-refractivity contribution in [2.75, 3.05) is 0 Å². The Kier molecular flexibility index (Phi) is 4.13. The van der Waals surface area contributed by atoms with Crippen LogP contribution in [0.25, 0.3) is 22.3 Å². The van der Waals surface area contributed by atoms with E-state index < -0.39 is 11.4 Å². The lowest BCUT2D eigenvalue weighted by atomic mass is 9.68. The van der Waals surface area contributed by atoms with E-state index in [0.29, 0.717) is 6.42 Å². The van der Waals surface area contributed by atoms with E-state index in [4.69, 9.17) is 0 Å². The van der Waals surface area contributed by atoms with Crippen LogP contribution in [0.5, 0.6) is 0 Å². The summed E-state index contributed by atoms with van der Waals surface area (Å²) in [6.45, 7) is 2.01. The Morgan fingerprint density at radius 3 is 1.56 bits per heavy atom. The van der Waals surface area contributed by atoms with Crippen molar-refractivity contribution in [3.05, 3.63) is 118 Å². The molecule has 0 saturated heterocycles. The molecular weight excluding hydrogens is 392 g/mol. The van der Waals surface area contributed by atoms with Crippen molar-refractivity contribution in [3.63, 3.8) is 0 Å². The average molecular weight is 417 g/mol. The maximum Gasteiger partial charge on any atom is 0.318 e. The molecule has 2 heteroatoms. The van der Waals surface area contributed by atoms with Crippen molar-refractivity contribution in [2.45, 2.75) is 31.6 Å². The van der Waals surface area contributed by atoms with Gasteiger partial charge in [0, 0.05) is 0 Å². The van der Waals surface area contributed by atoms with Crippen LogP contribution in [0.1, 0.15) is 46.7 Å². The monoisotopic (exact) mass is 416 g/mol. The highest BCUT2D eigenvalue weighted by molar-refractivity contribution is 5.91. The van der Waals surface area contributed by atoms with Gasteiger partial charge >= 0.3 is 5.97 Å². The van der Waals surface area contributed by atoms with Crippen LogP contribution in [0, 0.1) is 0 Å². The number of benzene rings is 4. The summed E-state index contributed by atoms with van der Waals surface area (Å²) in [6.07, 6.45) is 2.07. The van der Waals surface area contributed by atoms with Crippen molar-refractivity contribution >= 4 is 5.97 Å². The van der Waals surface area contributed by atoms with Gasteiger partial charge in [-0.25, -0.2) is 0 Å². The summed E-state index contributed by atoms with van der Waals surface area (Å²) >= 11 is 0. The van der Waals surface area contributed by atoms with Crippen LogP contribution in [-0.2, 0) is 23.1 Å². The normalized spacial score (nSPS) is 13.3. The Bertz CT molecular complexity index is 1300. The zero-order valence-corrected chi connectivity index (χ0v) is 18.1. The molecule has 156 valence electrons. The Labute approximate surface area is 188 Å². The third-order valence-electron chi connectivity index (χ3n) is 7.52. The fourth-order valence-electron chi connectivity index (χ4n) is 6.02. The van der Waals surface area contributed by atoms with Gasteiger partial charge in [-0.3, -0.25) is 4.79 Å². The smallest absolute Gasteiger partial charge is 0.318 e. The first-order chi connectivity index (χ1) is 15.6. The molecule has 32 heavy (non-hydrogen) atoms. The molecular formula is C30H24O2. The summed E-state index contributed by atoms with van der Waals surface area (Å²) in [5.41, 5.74) is 10.5. The maximum absolute atomic E-state index is 13.2. The summed E-state index contributed by atoms with van der Waals surface area (Å²) in [7, 11) is 0. The summed E-state index contributed by atoms with van der Waals surface area (Å²) in [5.74, 6) is -0.770. The second-order valence-electron chi connectivity index (χ2n) is 8.90. The van der Waals surface area contributed by atoms with Crippen LogP contribution in [0.15, 0.2) is 84.9 Å². The summed E-state index contributed by atoms with van der Waals surface area (Å²) in [4.78, 5) is 13.2. The third kappa shape index (κ3) is 2.44. The first-order valence-corrected chi connectivity index (χ1v) is 11.3. The molecule has 2 aliphatic carbocycles. The van der Waals surface area contributed by atoms with E-state index in [1.54, 1.807) is 0 Å². The van der Waals surface area contributed by atoms with Gasteiger partial charge in [0.1, 0.15) is 5.41 Å². The number of fused-ring (bicyclic) bond motifs is 6. The lowest BCUT2D eigenvalue weighted by molar-refractivity contribution is -0.142. The number of carbonyl (C=O) groups is 1. The average Bonchev–Trinajstić information content (AvgIpc) is 3.39. The molecule has 2 nitrogen and oxygen atoms in total. The first kappa shape index (κ1) is 19.1. The van der Waals surface area contributed by atoms with Gasteiger partial charge in [-0.1, -0.05) is 91.9 Å². The number of rotatable bonds is 4. The van der Waals surface area contributed by atoms with E-state index in [1.165, 1.54) is 33.4 Å². The molecule has 4 aromatic carbocycles. The summed E-state index contributed by atoms with van der Waals surface area (Å²) in [6, 6.07) is 29.3. The highest BCUT2D eigenvalue weighted by atomic mass is 16.4. The molecule has 1 N–H and O–H groups in total. The summed E-state index contributed by atoms with van der Waals surface area (Å²) in [5, 5.41) is 10.8. The Morgan fingerprint density at radius 1 is 0.688 bits per heavy atom. The Morgan fingerprint density at radius 2 is 1.12 bits per heavy atom. The van der Waals surface area contributed by atoms with Gasteiger partial charge < -0.3 is 5.11 Å². The first-order valence-electron chi connectivity index (χ1n) is 11.3. The van der Waals surface area contributed by atoms with E-state index in [-0.39, 0.29) is 0 Å². The summed E-state index contributed by atoms with van der Waals surface area (Å²) < 4.78 is 0. The van der Waals surface area contributed by atoms with Gasteiger partial charge in [0.2, 0.25) is 0 Å². The zero-order chi connectivity index (χ0) is 21.9. The number of hydrogen-bond donors (Lipinski definition) is 1. The minimum atomic E-state index is -1.08. The predicted molar refractivity (Wildman–Crippen MR) is 128 cm³/mol. The molecule has 0 bridgehead atoms. The fourth-order valence-corrected chi connectivity index (χ4v) is 6.02. The van der Waals surface area contributed by atoms with E-state index in [0.717, 1.165) is 35.1 Å². The lowest BCUT2D eigenvalue weighted by Gasteiger charge is -2.33. The number of carboxylic acids is 1. The van der Waals surface area contributed by atoms with Gasteiger partial charge in [-0.15, -0.1) is 0 Å². The molecule has 0 atom stereocenters. The number of aliphatic carboxylic acids is 1. The molecule has 0 saturated carbocycles. The maximum atomic E-state index is 13.2. The molecule has 0 spiro atoms. The minimum Gasteiger partial charge on any atom is -0.480 e. The van der Waals surface area contributed by atoms with Gasteiger partial charge in [-0.2, -0.15) is 0 Å². The van der Waals surface area contributed by atoms with Crippen molar-refractivity contribution < 1.29 is 9.90 Å². The van der Waals surface area contributed by atoms with Gasteiger partial charge in [-0.05, 0) is 74.9 Å². The van der Waals surface area contributed by atoms with Crippen LogP contribution in [-0.4, -0.2) is 11.1 Å². The SMILES string of the molecule is CCC(C(=O)O)(c1cccc2c1Cc1ccccc1-2)c1cccc2c1Cc1ccccc1-2. The van der Waals surface area contributed by atoms with Crippen LogP contribution < -0.4 is 0 Å². The van der Waals surface area contributed by atoms with Crippen LogP contribution in [0.4, 0.5) is 0 Å². The minimum absolute atomic E-state index is 0.502.